The van der Waals surface area contributed by atoms with E-state index in [4.69, 9.17) is 9.52 Å². The molecular formula is C14H14N4O3. The Bertz CT molecular complexity index is 769. The third-order valence-electron chi connectivity index (χ3n) is 3.08. The van der Waals surface area contributed by atoms with Gasteiger partial charge in [-0.1, -0.05) is 0 Å². The molecule has 0 saturated heterocycles. The molecule has 0 bridgehead atoms. The highest BCUT2D eigenvalue weighted by molar-refractivity contribution is 5.84. The van der Waals surface area contributed by atoms with Crippen molar-refractivity contribution >= 4 is 5.97 Å². The number of aromatic nitrogens is 4. The van der Waals surface area contributed by atoms with Gasteiger partial charge in [-0.05, 0) is 25.1 Å². The Morgan fingerprint density at radius 3 is 2.86 bits per heavy atom. The number of hydrogen-bond donors (Lipinski definition) is 1. The first-order valence-corrected chi connectivity index (χ1v) is 6.54. The lowest BCUT2D eigenvalue weighted by Crippen LogP contribution is -1.99. The summed E-state index contributed by atoms with van der Waals surface area (Å²) in [6.07, 6.45) is 5.52. The number of rotatable bonds is 5. The summed E-state index contributed by atoms with van der Waals surface area (Å²) in [7, 11) is 0. The quantitative estimate of drug-likeness (QED) is 0.776. The van der Waals surface area contributed by atoms with Gasteiger partial charge in [0.25, 0.3) is 0 Å². The van der Waals surface area contributed by atoms with E-state index in [1.165, 1.54) is 6.07 Å². The first-order valence-electron chi connectivity index (χ1n) is 6.54. The number of hydrogen-bond acceptors (Lipinski definition) is 4. The van der Waals surface area contributed by atoms with Crippen molar-refractivity contribution in [2.24, 2.45) is 0 Å². The molecule has 0 unspecified atom stereocenters. The molecule has 1 N–H and O–H groups in total. The lowest BCUT2D eigenvalue weighted by atomic mass is 10.3. The third kappa shape index (κ3) is 2.71. The van der Waals surface area contributed by atoms with Crippen LogP contribution in [0.2, 0.25) is 0 Å². The van der Waals surface area contributed by atoms with Crippen LogP contribution in [0.25, 0.3) is 11.3 Å². The van der Waals surface area contributed by atoms with Gasteiger partial charge in [-0.25, -0.2) is 4.79 Å². The average Bonchev–Trinajstić information content (AvgIpc) is 3.18. The smallest absolute Gasteiger partial charge is 0.371 e. The van der Waals surface area contributed by atoms with Crippen LogP contribution in [0.5, 0.6) is 0 Å². The predicted molar refractivity (Wildman–Crippen MR) is 73.9 cm³/mol. The van der Waals surface area contributed by atoms with E-state index in [-0.39, 0.29) is 5.76 Å². The van der Waals surface area contributed by atoms with Crippen LogP contribution in [-0.2, 0) is 13.1 Å². The van der Waals surface area contributed by atoms with Crippen molar-refractivity contribution in [1.29, 1.82) is 0 Å². The minimum Gasteiger partial charge on any atom is -0.475 e. The Morgan fingerprint density at radius 1 is 1.33 bits per heavy atom. The van der Waals surface area contributed by atoms with Gasteiger partial charge >= 0.3 is 5.97 Å². The Labute approximate surface area is 120 Å². The van der Waals surface area contributed by atoms with Gasteiger partial charge in [0, 0.05) is 24.5 Å². The molecule has 0 radical (unpaired) electrons. The summed E-state index contributed by atoms with van der Waals surface area (Å²) in [5.41, 5.74) is 1.76. The van der Waals surface area contributed by atoms with Crippen molar-refractivity contribution in [3.05, 3.63) is 48.3 Å². The number of aryl methyl sites for hydroxylation is 1. The number of aromatic carboxylic acids is 1. The van der Waals surface area contributed by atoms with Gasteiger partial charge in [-0.2, -0.15) is 10.2 Å². The van der Waals surface area contributed by atoms with Crippen LogP contribution in [-0.4, -0.2) is 30.6 Å². The van der Waals surface area contributed by atoms with Crippen molar-refractivity contribution in [1.82, 2.24) is 19.6 Å². The van der Waals surface area contributed by atoms with Crippen LogP contribution in [0.4, 0.5) is 0 Å². The van der Waals surface area contributed by atoms with E-state index in [0.29, 0.717) is 12.3 Å². The maximum Gasteiger partial charge on any atom is 0.371 e. The van der Waals surface area contributed by atoms with E-state index in [2.05, 4.69) is 10.2 Å². The average molecular weight is 286 g/mol. The number of carboxylic acids is 1. The highest BCUT2D eigenvalue weighted by Crippen LogP contribution is 2.17. The molecule has 3 aromatic heterocycles. The third-order valence-corrected chi connectivity index (χ3v) is 3.08. The summed E-state index contributed by atoms with van der Waals surface area (Å²) in [6.45, 7) is 3.21. The van der Waals surface area contributed by atoms with Crippen molar-refractivity contribution in [3.63, 3.8) is 0 Å². The van der Waals surface area contributed by atoms with Crippen molar-refractivity contribution in [2.75, 3.05) is 0 Å². The molecule has 108 valence electrons. The highest BCUT2D eigenvalue weighted by Gasteiger charge is 2.10. The highest BCUT2D eigenvalue weighted by atomic mass is 16.4. The number of carboxylic acid groups (broad SMARTS) is 1. The van der Waals surface area contributed by atoms with Crippen molar-refractivity contribution in [3.8, 4) is 11.3 Å². The van der Waals surface area contributed by atoms with E-state index in [1.807, 2.05) is 30.1 Å². The molecule has 0 aliphatic carbocycles. The van der Waals surface area contributed by atoms with Crippen molar-refractivity contribution in [2.45, 2.75) is 20.0 Å². The molecule has 0 atom stereocenters. The molecule has 0 aliphatic rings. The van der Waals surface area contributed by atoms with Gasteiger partial charge in [0.1, 0.15) is 5.76 Å². The number of carbonyl (C=O) groups is 1. The summed E-state index contributed by atoms with van der Waals surface area (Å²) in [6, 6.07) is 4.96. The Hall–Kier alpha value is -2.83. The molecule has 7 heteroatoms. The zero-order valence-electron chi connectivity index (χ0n) is 11.4. The van der Waals surface area contributed by atoms with Crippen LogP contribution in [0.3, 0.4) is 0 Å². The fraction of sp³-hybridized carbons (Fsp3) is 0.214. The molecule has 3 rings (SSSR count). The molecule has 0 aromatic carbocycles. The van der Waals surface area contributed by atoms with Crippen LogP contribution in [0.15, 0.2) is 41.2 Å². The molecule has 21 heavy (non-hydrogen) atoms. The molecule has 7 nitrogen and oxygen atoms in total. The first-order chi connectivity index (χ1) is 10.2. The van der Waals surface area contributed by atoms with Gasteiger partial charge in [-0.3, -0.25) is 9.36 Å². The lowest BCUT2D eigenvalue weighted by Gasteiger charge is -1.97. The summed E-state index contributed by atoms with van der Waals surface area (Å²) >= 11 is 0. The van der Waals surface area contributed by atoms with Gasteiger partial charge in [0.15, 0.2) is 0 Å². The maximum absolute atomic E-state index is 10.8. The minimum atomic E-state index is -1.07. The number of furan rings is 1. The monoisotopic (exact) mass is 286 g/mol. The summed E-state index contributed by atoms with van der Waals surface area (Å²) in [5.74, 6) is -0.595. The second-order valence-electron chi connectivity index (χ2n) is 4.55. The fourth-order valence-electron chi connectivity index (χ4n) is 2.01. The van der Waals surface area contributed by atoms with Crippen LogP contribution < -0.4 is 0 Å². The molecule has 3 heterocycles. The first kappa shape index (κ1) is 13.2. The zero-order chi connectivity index (χ0) is 14.8. The van der Waals surface area contributed by atoms with E-state index >= 15 is 0 Å². The van der Waals surface area contributed by atoms with Crippen LogP contribution >= 0.6 is 0 Å². The van der Waals surface area contributed by atoms with Crippen LogP contribution in [0, 0.1) is 0 Å². The standard InChI is InChI=1S/C14H14N4O3/c1-2-17-8-10(7-15-17)12-5-6-18(16-12)9-11-3-4-13(21-11)14(19)20/h3-8H,2,9H2,1H3,(H,19,20). The maximum atomic E-state index is 10.8. The van der Waals surface area contributed by atoms with Crippen molar-refractivity contribution < 1.29 is 14.3 Å². The van der Waals surface area contributed by atoms with Gasteiger partial charge in [0.2, 0.25) is 5.76 Å². The van der Waals surface area contributed by atoms with Gasteiger partial charge in [-0.15, -0.1) is 0 Å². The van der Waals surface area contributed by atoms with Gasteiger partial charge in [0.05, 0.1) is 18.4 Å². The normalized spacial score (nSPS) is 10.9. The molecule has 0 spiro atoms. The molecule has 0 aliphatic heterocycles. The van der Waals surface area contributed by atoms with Crippen LogP contribution in [0.1, 0.15) is 23.2 Å². The SMILES string of the molecule is CCn1cc(-c2ccn(Cc3ccc(C(=O)O)o3)n2)cn1. The molecule has 0 amide bonds. The van der Waals surface area contributed by atoms with Gasteiger partial charge < -0.3 is 9.52 Å². The fourth-order valence-corrected chi connectivity index (χ4v) is 2.01. The number of nitrogens with zero attached hydrogens (tertiary/aromatic N) is 4. The molecule has 0 saturated carbocycles. The Morgan fingerprint density at radius 2 is 2.19 bits per heavy atom. The Kier molecular flexibility index (Phi) is 3.31. The predicted octanol–water partition coefficient (Wildman–Crippen LogP) is 2.11. The lowest BCUT2D eigenvalue weighted by molar-refractivity contribution is 0.0660. The summed E-state index contributed by atoms with van der Waals surface area (Å²) in [5, 5.41) is 17.5. The van der Waals surface area contributed by atoms with E-state index in [0.717, 1.165) is 17.8 Å². The summed E-state index contributed by atoms with van der Waals surface area (Å²) in [4.78, 5) is 10.8. The topological polar surface area (TPSA) is 86.1 Å². The summed E-state index contributed by atoms with van der Waals surface area (Å²) < 4.78 is 8.74. The zero-order valence-corrected chi connectivity index (χ0v) is 11.4. The largest absolute Gasteiger partial charge is 0.475 e. The second-order valence-corrected chi connectivity index (χ2v) is 4.55. The van der Waals surface area contributed by atoms with E-state index in [1.54, 1.807) is 16.9 Å². The molecular weight excluding hydrogens is 272 g/mol. The molecule has 3 aromatic rings. The van der Waals surface area contributed by atoms with E-state index < -0.39 is 5.97 Å². The second kappa shape index (κ2) is 5.28. The minimum absolute atomic E-state index is 0.0680. The Balaban J connectivity index is 1.76. The molecule has 0 fully saturated rings. The van der Waals surface area contributed by atoms with E-state index in [9.17, 15) is 4.79 Å².